The van der Waals surface area contributed by atoms with Crippen molar-refractivity contribution >= 4 is 23.2 Å². The van der Waals surface area contributed by atoms with Gasteiger partial charge in [-0.2, -0.15) is 0 Å². The number of hydrogen-bond acceptors (Lipinski definition) is 1. The molecule has 4 rings (SSSR count). The molecule has 2 unspecified atom stereocenters. The molecule has 0 bridgehead atoms. The lowest BCUT2D eigenvalue weighted by atomic mass is 10.1. The summed E-state index contributed by atoms with van der Waals surface area (Å²) in [6.07, 6.45) is 5.82. The van der Waals surface area contributed by atoms with Crippen LogP contribution in [0.4, 0.5) is 0 Å². The van der Waals surface area contributed by atoms with Gasteiger partial charge in [0, 0.05) is 0 Å². The molecule has 0 aliphatic heterocycles. The van der Waals surface area contributed by atoms with Gasteiger partial charge in [0.1, 0.15) is 28.8 Å². The third kappa shape index (κ3) is 3.82. The fourth-order valence-electron chi connectivity index (χ4n) is 4.47. The van der Waals surface area contributed by atoms with Crippen molar-refractivity contribution in [2.75, 3.05) is 0 Å². The number of aliphatic hydroxyl groups is 1. The monoisotopic (exact) mass is 401 g/mol. The lowest BCUT2D eigenvalue weighted by Gasteiger charge is -2.35. The summed E-state index contributed by atoms with van der Waals surface area (Å²) in [6, 6.07) is 27.5. The van der Waals surface area contributed by atoms with Crippen molar-refractivity contribution in [2.45, 2.75) is 45.4 Å². The highest BCUT2D eigenvalue weighted by atomic mass is 31.2. The van der Waals surface area contributed by atoms with E-state index in [1.54, 1.807) is 0 Å². The van der Waals surface area contributed by atoms with Crippen LogP contribution in [0.3, 0.4) is 0 Å². The Hall–Kier alpha value is -2.21. The highest BCUT2D eigenvalue weighted by Crippen LogP contribution is 2.62. The SMILES string of the molecule is Cc1ccc([P+](c2ccc(C)cc2)(c2ccc(C)cc2)C2C=CC(O)CC2)cc1. The second kappa shape index (κ2) is 8.27. The Morgan fingerprint density at radius 1 is 0.586 bits per heavy atom. The summed E-state index contributed by atoms with van der Waals surface area (Å²) in [5, 5.41) is 14.4. The molecule has 0 fully saturated rings. The summed E-state index contributed by atoms with van der Waals surface area (Å²) in [5.41, 5.74) is 4.25. The Morgan fingerprint density at radius 3 is 1.28 bits per heavy atom. The first kappa shape index (κ1) is 20.1. The van der Waals surface area contributed by atoms with Crippen LogP contribution in [0.2, 0.25) is 0 Å². The molecule has 148 valence electrons. The normalized spacial score (nSPS) is 19.3. The van der Waals surface area contributed by atoms with Crippen molar-refractivity contribution in [1.29, 1.82) is 0 Å². The molecule has 0 spiro atoms. The zero-order valence-corrected chi connectivity index (χ0v) is 18.4. The summed E-state index contributed by atoms with van der Waals surface area (Å²) in [4.78, 5) is 0. The predicted molar refractivity (Wildman–Crippen MR) is 128 cm³/mol. The summed E-state index contributed by atoms with van der Waals surface area (Å²) in [5.74, 6) is 0. The van der Waals surface area contributed by atoms with Crippen molar-refractivity contribution in [2.24, 2.45) is 0 Å². The highest BCUT2D eigenvalue weighted by Gasteiger charge is 2.51. The number of hydrogen-bond donors (Lipinski definition) is 1. The topological polar surface area (TPSA) is 20.2 Å². The minimum Gasteiger partial charge on any atom is -0.389 e. The second-order valence-electron chi connectivity index (χ2n) is 8.33. The molecule has 1 nitrogen and oxygen atoms in total. The van der Waals surface area contributed by atoms with Crippen molar-refractivity contribution in [1.82, 2.24) is 0 Å². The van der Waals surface area contributed by atoms with Crippen LogP contribution in [0.1, 0.15) is 29.5 Å². The summed E-state index contributed by atoms with van der Waals surface area (Å²) in [7, 11) is -1.91. The average Bonchev–Trinajstić information content (AvgIpc) is 2.73. The molecule has 2 atom stereocenters. The second-order valence-corrected chi connectivity index (χ2v) is 12.0. The van der Waals surface area contributed by atoms with Gasteiger partial charge in [0.25, 0.3) is 0 Å². The van der Waals surface area contributed by atoms with Gasteiger partial charge in [-0.15, -0.1) is 0 Å². The first-order valence-corrected chi connectivity index (χ1v) is 12.3. The van der Waals surface area contributed by atoms with E-state index < -0.39 is 7.26 Å². The van der Waals surface area contributed by atoms with Crippen molar-refractivity contribution in [3.8, 4) is 0 Å². The molecule has 3 aromatic rings. The fraction of sp³-hybridized carbons (Fsp3) is 0.259. The van der Waals surface area contributed by atoms with Gasteiger partial charge in [0.2, 0.25) is 0 Å². The van der Waals surface area contributed by atoms with Gasteiger partial charge in [-0.05, 0) is 76.1 Å². The molecule has 0 heterocycles. The summed E-state index contributed by atoms with van der Waals surface area (Å²) >= 11 is 0. The summed E-state index contributed by atoms with van der Waals surface area (Å²) in [6.45, 7) is 6.45. The molecule has 0 aromatic heterocycles. The summed E-state index contributed by atoms with van der Waals surface area (Å²) < 4.78 is 0. The van der Waals surface area contributed by atoms with Crippen LogP contribution in [-0.2, 0) is 0 Å². The Kier molecular flexibility index (Phi) is 5.72. The number of aliphatic hydroxyl groups excluding tert-OH is 1. The average molecular weight is 402 g/mol. The van der Waals surface area contributed by atoms with E-state index in [0.29, 0.717) is 5.66 Å². The third-order valence-electron chi connectivity index (χ3n) is 6.13. The van der Waals surface area contributed by atoms with Gasteiger partial charge in [-0.25, -0.2) is 0 Å². The quantitative estimate of drug-likeness (QED) is 0.483. The standard InChI is InChI=1S/C27H30OP/c1-20-4-12-24(13-5-20)29(25-14-6-21(2)7-15-25,26-16-8-22(3)9-17-26)27-18-10-23(28)11-19-27/h4-10,12-18,23,27-28H,11,19H2,1-3H3/q+1. The number of aryl methyl sites for hydroxylation is 3. The smallest absolute Gasteiger partial charge is 0.118 e. The molecular formula is C27H30OP+. The lowest BCUT2D eigenvalue weighted by Crippen LogP contribution is -2.39. The molecule has 29 heavy (non-hydrogen) atoms. The molecule has 1 aliphatic rings. The van der Waals surface area contributed by atoms with Crippen LogP contribution < -0.4 is 15.9 Å². The Bertz CT molecular complexity index is 873. The van der Waals surface area contributed by atoms with Gasteiger partial charge in [-0.1, -0.05) is 59.2 Å². The molecule has 0 saturated carbocycles. The van der Waals surface area contributed by atoms with Crippen LogP contribution in [0.5, 0.6) is 0 Å². The Labute approximate surface area is 175 Å². The molecule has 1 aliphatic carbocycles. The van der Waals surface area contributed by atoms with E-state index in [4.69, 9.17) is 0 Å². The van der Waals surface area contributed by atoms with Crippen LogP contribution in [-0.4, -0.2) is 16.9 Å². The maximum absolute atomic E-state index is 10.1. The van der Waals surface area contributed by atoms with Crippen molar-refractivity contribution < 1.29 is 5.11 Å². The highest BCUT2D eigenvalue weighted by molar-refractivity contribution is 7.96. The number of allylic oxidation sites excluding steroid dienone is 1. The Balaban J connectivity index is 2.03. The number of rotatable bonds is 4. The first-order valence-electron chi connectivity index (χ1n) is 10.5. The minimum absolute atomic E-state index is 0.317. The molecule has 2 heteroatoms. The van der Waals surface area contributed by atoms with E-state index in [0.717, 1.165) is 12.8 Å². The van der Waals surface area contributed by atoms with E-state index >= 15 is 0 Å². The van der Waals surface area contributed by atoms with Gasteiger partial charge in [-0.3, -0.25) is 0 Å². The fourth-order valence-corrected chi connectivity index (χ4v) is 9.27. The molecular weight excluding hydrogens is 371 g/mol. The van der Waals surface area contributed by atoms with Gasteiger partial charge < -0.3 is 5.11 Å². The van der Waals surface area contributed by atoms with Gasteiger partial charge in [0.15, 0.2) is 0 Å². The van der Waals surface area contributed by atoms with Crippen LogP contribution in [0, 0.1) is 20.8 Å². The van der Waals surface area contributed by atoms with E-state index in [1.165, 1.54) is 32.6 Å². The maximum atomic E-state index is 10.1. The van der Waals surface area contributed by atoms with Crippen molar-refractivity contribution in [3.05, 3.63) is 102 Å². The Morgan fingerprint density at radius 2 is 0.966 bits per heavy atom. The maximum Gasteiger partial charge on any atom is 0.118 e. The van der Waals surface area contributed by atoms with E-state index in [-0.39, 0.29) is 6.10 Å². The molecule has 0 saturated heterocycles. The van der Waals surface area contributed by atoms with Crippen LogP contribution >= 0.6 is 7.26 Å². The third-order valence-corrected chi connectivity index (χ3v) is 10.9. The van der Waals surface area contributed by atoms with Gasteiger partial charge in [0.05, 0.1) is 6.10 Å². The van der Waals surface area contributed by atoms with Crippen LogP contribution in [0.25, 0.3) is 0 Å². The zero-order chi connectivity index (χ0) is 20.4. The van der Waals surface area contributed by atoms with Gasteiger partial charge >= 0.3 is 0 Å². The minimum atomic E-state index is -1.91. The molecule has 1 N–H and O–H groups in total. The molecule has 0 radical (unpaired) electrons. The van der Waals surface area contributed by atoms with E-state index in [1.807, 2.05) is 6.08 Å². The van der Waals surface area contributed by atoms with E-state index in [9.17, 15) is 5.11 Å². The van der Waals surface area contributed by atoms with E-state index in [2.05, 4.69) is 99.6 Å². The largest absolute Gasteiger partial charge is 0.389 e. The lowest BCUT2D eigenvalue weighted by molar-refractivity contribution is 0.205. The van der Waals surface area contributed by atoms with Crippen molar-refractivity contribution in [3.63, 3.8) is 0 Å². The first-order chi connectivity index (χ1) is 14.0. The molecule has 0 amide bonds. The zero-order valence-electron chi connectivity index (χ0n) is 17.5. The number of benzene rings is 3. The van der Waals surface area contributed by atoms with Crippen LogP contribution in [0.15, 0.2) is 84.9 Å². The predicted octanol–water partition coefficient (Wildman–Crippen LogP) is 4.99. The molecule has 3 aromatic carbocycles.